The molecule has 0 heterocycles. The molecule has 2 atom stereocenters. The number of allylic oxidation sites excluding steroid dienone is 5. The smallest absolute Gasteiger partial charge is 0.305 e. The maximum absolute atomic E-state index is 12.5. The summed E-state index contributed by atoms with van der Waals surface area (Å²) in [5, 5.41) is 23.1. The summed E-state index contributed by atoms with van der Waals surface area (Å²) in [5.41, 5.74) is 0. The third kappa shape index (κ3) is 53.4. The van der Waals surface area contributed by atoms with E-state index in [0.29, 0.717) is 19.4 Å². The Morgan fingerprint density at radius 3 is 1.04 bits per heavy atom. The molecule has 2 unspecified atom stereocenters. The van der Waals surface area contributed by atoms with Gasteiger partial charge in [-0.2, -0.15) is 0 Å². The number of carbonyl (C=O) groups is 2. The van der Waals surface area contributed by atoms with Gasteiger partial charge in [0.2, 0.25) is 5.91 Å². The first-order valence-corrected chi connectivity index (χ1v) is 30.3. The van der Waals surface area contributed by atoms with Crippen LogP contribution in [0.5, 0.6) is 0 Å². The first-order chi connectivity index (χ1) is 33.5. The number of carbonyl (C=O) groups excluding carboxylic acids is 2. The van der Waals surface area contributed by atoms with Crippen LogP contribution in [-0.4, -0.2) is 47.4 Å². The molecule has 0 radical (unpaired) electrons. The Morgan fingerprint density at radius 1 is 0.397 bits per heavy atom. The van der Waals surface area contributed by atoms with Crippen molar-refractivity contribution in [2.45, 2.75) is 334 Å². The Morgan fingerprint density at radius 2 is 0.691 bits per heavy atom. The summed E-state index contributed by atoms with van der Waals surface area (Å²) in [4.78, 5) is 24.6. The highest BCUT2D eigenvalue weighted by Gasteiger charge is 2.18. The van der Waals surface area contributed by atoms with Crippen LogP contribution in [0.25, 0.3) is 0 Å². The first-order valence-electron chi connectivity index (χ1n) is 30.3. The molecular weight excluding hydrogens is 839 g/mol. The second-order valence-corrected chi connectivity index (χ2v) is 20.7. The van der Waals surface area contributed by atoms with Gasteiger partial charge in [-0.25, -0.2) is 0 Å². The lowest BCUT2D eigenvalue weighted by Crippen LogP contribution is -2.45. The minimum Gasteiger partial charge on any atom is -0.466 e. The molecule has 400 valence electrons. The summed E-state index contributed by atoms with van der Waals surface area (Å²) >= 11 is 0. The van der Waals surface area contributed by atoms with E-state index in [1.807, 2.05) is 6.08 Å². The van der Waals surface area contributed by atoms with Gasteiger partial charge in [0.05, 0.1) is 25.4 Å². The number of esters is 1. The normalized spacial score (nSPS) is 12.8. The van der Waals surface area contributed by atoms with Crippen molar-refractivity contribution in [3.05, 3.63) is 36.5 Å². The number of aliphatic hydroxyl groups is 2. The van der Waals surface area contributed by atoms with Gasteiger partial charge < -0.3 is 20.3 Å². The van der Waals surface area contributed by atoms with Gasteiger partial charge in [-0.1, -0.05) is 262 Å². The van der Waals surface area contributed by atoms with Crippen molar-refractivity contribution in [3.63, 3.8) is 0 Å². The van der Waals surface area contributed by atoms with Crippen molar-refractivity contribution in [1.29, 1.82) is 0 Å². The van der Waals surface area contributed by atoms with Gasteiger partial charge in [0, 0.05) is 12.8 Å². The van der Waals surface area contributed by atoms with Crippen LogP contribution in [0, 0.1) is 0 Å². The van der Waals surface area contributed by atoms with Crippen LogP contribution in [0.1, 0.15) is 322 Å². The van der Waals surface area contributed by atoms with Crippen LogP contribution >= 0.6 is 0 Å². The summed E-state index contributed by atoms with van der Waals surface area (Å²) < 4.78 is 5.49. The second kappa shape index (κ2) is 57.7. The number of unbranched alkanes of at least 4 members (excludes halogenated alkanes) is 41. The number of ether oxygens (including phenoxy) is 1. The molecule has 0 spiro atoms. The first kappa shape index (κ1) is 66.1. The molecule has 0 aliphatic rings. The Kier molecular flexibility index (Phi) is 56.0. The Balaban J connectivity index is 3.47. The van der Waals surface area contributed by atoms with Gasteiger partial charge in [0.15, 0.2) is 0 Å². The molecule has 0 rings (SSSR count). The summed E-state index contributed by atoms with van der Waals surface area (Å²) in [5.74, 6) is -0.0882. The van der Waals surface area contributed by atoms with Crippen molar-refractivity contribution in [2.24, 2.45) is 0 Å². The van der Waals surface area contributed by atoms with Gasteiger partial charge in [-0.05, 0) is 83.5 Å². The summed E-state index contributed by atoms with van der Waals surface area (Å²) in [6.45, 7) is 4.89. The standard InChI is InChI=1S/C62H117NO5/c1-3-5-7-9-11-13-15-17-19-21-22-23-28-32-36-40-44-48-52-56-62(67)68-57-53-49-45-41-37-33-29-25-24-27-31-35-39-43-47-51-55-61(66)63-59(58-64)60(65)54-50-46-42-38-34-30-26-20-18-16-14-12-10-8-6-4-2/h17,19,24,27,50,54,59-60,64-65H,3-16,18,20-23,25-26,28-49,51-53,55-58H2,1-2H3,(H,63,66)/b19-17-,27-24-,54-50+. The molecule has 0 fully saturated rings. The minimum atomic E-state index is -0.855. The number of hydrogen-bond donors (Lipinski definition) is 3. The van der Waals surface area contributed by atoms with Gasteiger partial charge in [-0.3, -0.25) is 9.59 Å². The third-order valence-electron chi connectivity index (χ3n) is 13.9. The van der Waals surface area contributed by atoms with Gasteiger partial charge in [0.25, 0.3) is 0 Å². The number of amides is 1. The van der Waals surface area contributed by atoms with Gasteiger partial charge in [-0.15, -0.1) is 0 Å². The highest BCUT2D eigenvalue weighted by Crippen LogP contribution is 2.16. The molecule has 0 bridgehead atoms. The van der Waals surface area contributed by atoms with E-state index in [1.165, 1.54) is 231 Å². The predicted molar refractivity (Wildman–Crippen MR) is 296 cm³/mol. The molecule has 0 aliphatic heterocycles. The van der Waals surface area contributed by atoms with Crippen LogP contribution in [0.3, 0.4) is 0 Å². The Labute approximate surface area is 424 Å². The molecule has 1 amide bonds. The van der Waals surface area contributed by atoms with Crippen LogP contribution in [0.2, 0.25) is 0 Å². The van der Waals surface area contributed by atoms with E-state index < -0.39 is 12.1 Å². The predicted octanol–water partition coefficient (Wildman–Crippen LogP) is 18.8. The fourth-order valence-electron chi connectivity index (χ4n) is 9.21. The molecule has 0 aromatic rings. The number of rotatable bonds is 56. The summed E-state index contributed by atoms with van der Waals surface area (Å²) in [7, 11) is 0. The maximum atomic E-state index is 12.5. The molecule has 6 nitrogen and oxygen atoms in total. The lowest BCUT2D eigenvalue weighted by molar-refractivity contribution is -0.143. The average Bonchev–Trinajstić information content (AvgIpc) is 3.34. The fourth-order valence-corrected chi connectivity index (χ4v) is 9.21. The quantitative estimate of drug-likeness (QED) is 0.0321. The van der Waals surface area contributed by atoms with Crippen molar-refractivity contribution >= 4 is 11.9 Å². The van der Waals surface area contributed by atoms with E-state index in [-0.39, 0.29) is 18.5 Å². The molecule has 3 N–H and O–H groups in total. The maximum Gasteiger partial charge on any atom is 0.305 e. The Bertz CT molecular complexity index is 1100. The lowest BCUT2D eigenvalue weighted by Gasteiger charge is -2.20. The van der Waals surface area contributed by atoms with Crippen molar-refractivity contribution in [1.82, 2.24) is 5.32 Å². The molecule has 0 aromatic heterocycles. The zero-order valence-electron chi connectivity index (χ0n) is 45.6. The van der Waals surface area contributed by atoms with Gasteiger partial charge >= 0.3 is 5.97 Å². The van der Waals surface area contributed by atoms with E-state index in [4.69, 9.17) is 4.74 Å². The molecule has 0 saturated heterocycles. The minimum absolute atomic E-state index is 0.00425. The topological polar surface area (TPSA) is 95.9 Å². The second-order valence-electron chi connectivity index (χ2n) is 20.7. The zero-order valence-corrected chi connectivity index (χ0v) is 45.6. The monoisotopic (exact) mass is 956 g/mol. The number of nitrogens with one attached hydrogen (secondary N) is 1. The average molecular weight is 957 g/mol. The van der Waals surface area contributed by atoms with E-state index in [9.17, 15) is 19.8 Å². The zero-order chi connectivity index (χ0) is 49.3. The fraction of sp³-hybridized carbons (Fsp3) is 0.871. The molecular formula is C62H117NO5. The van der Waals surface area contributed by atoms with Crippen LogP contribution in [0.15, 0.2) is 36.5 Å². The third-order valence-corrected chi connectivity index (χ3v) is 13.9. The molecule has 0 aromatic carbocycles. The van der Waals surface area contributed by atoms with Gasteiger partial charge in [0.1, 0.15) is 0 Å². The lowest BCUT2D eigenvalue weighted by atomic mass is 10.0. The largest absolute Gasteiger partial charge is 0.466 e. The van der Waals surface area contributed by atoms with Crippen LogP contribution < -0.4 is 5.32 Å². The van der Waals surface area contributed by atoms with Crippen molar-refractivity contribution < 1.29 is 24.5 Å². The molecule has 0 saturated carbocycles. The van der Waals surface area contributed by atoms with Crippen molar-refractivity contribution in [2.75, 3.05) is 13.2 Å². The van der Waals surface area contributed by atoms with Crippen LogP contribution in [-0.2, 0) is 14.3 Å². The highest BCUT2D eigenvalue weighted by atomic mass is 16.5. The highest BCUT2D eigenvalue weighted by molar-refractivity contribution is 5.76. The molecule has 0 aliphatic carbocycles. The molecule has 68 heavy (non-hydrogen) atoms. The van der Waals surface area contributed by atoms with E-state index in [0.717, 1.165) is 64.2 Å². The Hall–Kier alpha value is -1.92. The summed E-state index contributed by atoms with van der Waals surface area (Å²) in [6, 6.07) is -0.640. The van der Waals surface area contributed by atoms with E-state index >= 15 is 0 Å². The summed E-state index contributed by atoms with van der Waals surface area (Å²) in [6.07, 6.45) is 71.7. The van der Waals surface area contributed by atoms with Crippen LogP contribution in [0.4, 0.5) is 0 Å². The van der Waals surface area contributed by atoms with E-state index in [2.05, 4.69) is 43.5 Å². The SMILES string of the molecule is CCCCCCCC/C=C\CCCCCCCCCCCC(=O)OCCCCCCCCC/C=C\CCCCCCCC(=O)NC(CO)C(O)/C=C/CCCCCCCCCCCCCCCC. The van der Waals surface area contributed by atoms with E-state index in [1.54, 1.807) is 6.08 Å². The number of hydrogen-bond acceptors (Lipinski definition) is 5. The van der Waals surface area contributed by atoms with Crippen molar-refractivity contribution in [3.8, 4) is 0 Å². The number of aliphatic hydroxyl groups excluding tert-OH is 2. The molecule has 6 heteroatoms.